The molecule has 102 valence electrons. The van der Waals surface area contributed by atoms with Crippen LogP contribution in [0.4, 0.5) is 0 Å². The van der Waals surface area contributed by atoms with Gasteiger partial charge in [-0.15, -0.1) is 0 Å². The number of hydrogen-bond acceptors (Lipinski definition) is 3. The maximum atomic E-state index is 11.6. The van der Waals surface area contributed by atoms with Gasteiger partial charge in [-0.05, 0) is 25.2 Å². The first-order valence-corrected chi connectivity index (χ1v) is 8.64. The average molecular weight is 261 g/mol. The summed E-state index contributed by atoms with van der Waals surface area (Å²) in [6, 6.07) is 0.554. The van der Waals surface area contributed by atoms with Crippen molar-refractivity contribution in [1.82, 2.24) is 5.32 Å². The van der Waals surface area contributed by atoms with Crippen LogP contribution in [-0.4, -0.2) is 32.0 Å². The first kappa shape index (κ1) is 15.0. The lowest BCUT2D eigenvalue weighted by atomic mass is 9.78. The molecule has 1 rings (SSSR count). The minimum Gasteiger partial charge on any atom is -0.310 e. The average Bonchev–Trinajstić information content (AvgIpc) is 2.24. The minimum atomic E-state index is -2.86. The fourth-order valence-corrected chi connectivity index (χ4v) is 3.82. The number of hydrogen-bond donors (Lipinski definition) is 1. The van der Waals surface area contributed by atoms with Crippen LogP contribution in [-0.2, 0) is 9.84 Å². The zero-order valence-corrected chi connectivity index (χ0v) is 12.4. The third-order valence-electron chi connectivity index (χ3n) is 4.15. The lowest BCUT2D eigenvalue weighted by Crippen LogP contribution is -2.47. The van der Waals surface area contributed by atoms with Crippen LogP contribution < -0.4 is 5.32 Å². The van der Waals surface area contributed by atoms with Gasteiger partial charge in [-0.2, -0.15) is 0 Å². The maximum Gasteiger partial charge on any atom is 0.151 e. The highest BCUT2D eigenvalue weighted by molar-refractivity contribution is 7.91. The van der Waals surface area contributed by atoms with Crippen molar-refractivity contribution in [3.05, 3.63) is 0 Å². The zero-order chi connectivity index (χ0) is 13.1. The number of rotatable bonds is 5. The molecule has 0 amide bonds. The van der Waals surface area contributed by atoms with Crippen LogP contribution in [0.2, 0.25) is 0 Å². The molecule has 1 N–H and O–H groups in total. The van der Waals surface area contributed by atoms with Gasteiger partial charge in [0.2, 0.25) is 0 Å². The van der Waals surface area contributed by atoms with E-state index in [9.17, 15) is 8.42 Å². The standard InChI is InChI=1S/C13H27NO2S/c1-5-17(15,16)9-11(3)14-13-8-6-7-10(2)12(13)4/h10-14H,5-9H2,1-4H3. The van der Waals surface area contributed by atoms with E-state index in [4.69, 9.17) is 0 Å². The van der Waals surface area contributed by atoms with Crippen LogP contribution in [0.3, 0.4) is 0 Å². The Morgan fingerprint density at radius 1 is 1.29 bits per heavy atom. The zero-order valence-electron chi connectivity index (χ0n) is 11.6. The summed E-state index contributed by atoms with van der Waals surface area (Å²) in [5.41, 5.74) is 0. The van der Waals surface area contributed by atoms with Crippen molar-refractivity contribution >= 4 is 9.84 Å². The minimum absolute atomic E-state index is 0.0673. The predicted molar refractivity (Wildman–Crippen MR) is 72.9 cm³/mol. The summed E-state index contributed by atoms with van der Waals surface area (Å²) in [4.78, 5) is 0. The Labute approximate surface area is 106 Å². The summed E-state index contributed by atoms with van der Waals surface area (Å²) in [5.74, 6) is 1.91. The summed E-state index contributed by atoms with van der Waals surface area (Å²) in [7, 11) is -2.86. The smallest absolute Gasteiger partial charge is 0.151 e. The molecule has 4 unspecified atom stereocenters. The Morgan fingerprint density at radius 2 is 1.94 bits per heavy atom. The molecule has 4 heteroatoms. The van der Waals surface area contributed by atoms with E-state index in [1.165, 1.54) is 19.3 Å². The molecule has 0 aromatic carbocycles. The molecule has 0 radical (unpaired) electrons. The lowest BCUT2D eigenvalue weighted by Gasteiger charge is -2.36. The Morgan fingerprint density at radius 3 is 2.53 bits per heavy atom. The Bertz CT molecular complexity index is 326. The molecule has 0 bridgehead atoms. The lowest BCUT2D eigenvalue weighted by molar-refractivity contribution is 0.199. The molecule has 1 fully saturated rings. The summed E-state index contributed by atoms with van der Waals surface area (Å²) in [6.07, 6.45) is 3.75. The van der Waals surface area contributed by atoms with Gasteiger partial charge in [-0.3, -0.25) is 0 Å². The van der Waals surface area contributed by atoms with Gasteiger partial charge in [0, 0.05) is 17.8 Å². The first-order valence-electron chi connectivity index (χ1n) is 6.82. The Hall–Kier alpha value is -0.0900. The fourth-order valence-electron chi connectivity index (χ4n) is 2.73. The van der Waals surface area contributed by atoms with Gasteiger partial charge >= 0.3 is 0 Å². The molecule has 17 heavy (non-hydrogen) atoms. The van der Waals surface area contributed by atoms with Gasteiger partial charge in [0.1, 0.15) is 0 Å². The van der Waals surface area contributed by atoms with Crippen molar-refractivity contribution in [2.45, 2.75) is 59.0 Å². The molecule has 0 spiro atoms. The first-order chi connectivity index (χ1) is 7.85. The van der Waals surface area contributed by atoms with E-state index >= 15 is 0 Å². The van der Waals surface area contributed by atoms with Crippen molar-refractivity contribution < 1.29 is 8.42 Å². The maximum absolute atomic E-state index is 11.6. The highest BCUT2D eigenvalue weighted by atomic mass is 32.2. The summed E-state index contributed by atoms with van der Waals surface area (Å²) in [6.45, 7) is 8.28. The second-order valence-electron chi connectivity index (χ2n) is 5.64. The highest BCUT2D eigenvalue weighted by Gasteiger charge is 2.28. The second kappa shape index (κ2) is 6.19. The molecular formula is C13H27NO2S. The van der Waals surface area contributed by atoms with Gasteiger partial charge in [0.15, 0.2) is 9.84 Å². The molecule has 1 saturated carbocycles. The molecule has 1 aliphatic rings. The van der Waals surface area contributed by atoms with Crippen LogP contribution in [0, 0.1) is 11.8 Å². The molecule has 4 atom stereocenters. The summed E-state index contributed by atoms with van der Waals surface area (Å²) >= 11 is 0. The van der Waals surface area contributed by atoms with Crippen molar-refractivity contribution in [3.8, 4) is 0 Å². The van der Waals surface area contributed by atoms with Crippen LogP contribution in [0.15, 0.2) is 0 Å². The molecule has 0 aromatic rings. The van der Waals surface area contributed by atoms with Crippen LogP contribution in [0.1, 0.15) is 47.0 Å². The van der Waals surface area contributed by atoms with E-state index in [0.29, 0.717) is 12.0 Å². The van der Waals surface area contributed by atoms with E-state index in [1.54, 1.807) is 6.92 Å². The Balaban J connectivity index is 2.48. The second-order valence-corrected chi connectivity index (χ2v) is 8.04. The monoisotopic (exact) mass is 261 g/mol. The third-order valence-corrected chi connectivity index (χ3v) is 6.04. The van der Waals surface area contributed by atoms with E-state index in [1.807, 2.05) is 6.92 Å². The van der Waals surface area contributed by atoms with Gasteiger partial charge in [-0.1, -0.05) is 33.6 Å². The van der Waals surface area contributed by atoms with Crippen molar-refractivity contribution in [3.63, 3.8) is 0 Å². The highest BCUT2D eigenvalue weighted by Crippen LogP contribution is 2.29. The van der Waals surface area contributed by atoms with Gasteiger partial charge in [0.25, 0.3) is 0 Å². The van der Waals surface area contributed by atoms with Crippen LogP contribution >= 0.6 is 0 Å². The van der Waals surface area contributed by atoms with Gasteiger partial charge < -0.3 is 5.32 Å². The molecule has 0 saturated heterocycles. The van der Waals surface area contributed by atoms with Gasteiger partial charge in [0.05, 0.1) is 5.75 Å². The van der Waals surface area contributed by atoms with Crippen LogP contribution in [0.25, 0.3) is 0 Å². The number of nitrogens with one attached hydrogen (secondary N) is 1. The predicted octanol–water partition coefficient (Wildman–Crippen LogP) is 2.22. The van der Waals surface area contributed by atoms with Crippen molar-refractivity contribution in [2.24, 2.45) is 11.8 Å². The van der Waals surface area contributed by atoms with E-state index in [2.05, 4.69) is 19.2 Å². The molecule has 1 aliphatic carbocycles. The summed E-state index contributed by atoms with van der Waals surface area (Å²) in [5, 5.41) is 3.51. The number of sulfone groups is 1. The van der Waals surface area contributed by atoms with Gasteiger partial charge in [-0.25, -0.2) is 8.42 Å². The molecule has 3 nitrogen and oxygen atoms in total. The van der Waals surface area contributed by atoms with E-state index < -0.39 is 9.84 Å². The molecule has 0 aliphatic heterocycles. The topological polar surface area (TPSA) is 46.2 Å². The summed E-state index contributed by atoms with van der Waals surface area (Å²) < 4.78 is 23.1. The molecule has 0 aromatic heterocycles. The van der Waals surface area contributed by atoms with Crippen LogP contribution in [0.5, 0.6) is 0 Å². The quantitative estimate of drug-likeness (QED) is 0.825. The third kappa shape index (κ3) is 4.59. The van der Waals surface area contributed by atoms with Crippen molar-refractivity contribution in [1.29, 1.82) is 0 Å². The van der Waals surface area contributed by atoms with E-state index in [-0.39, 0.29) is 17.5 Å². The molecule has 0 heterocycles. The Kier molecular flexibility index (Phi) is 5.45. The van der Waals surface area contributed by atoms with E-state index in [0.717, 1.165) is 5.92 Å². The molecular weight excluding hydrogens is 234 g/mol. The fraction of sp³-hybridized carbons (Fsp3) is 1.00. The van der Waals surface area contributed by atoms with Crippen molar-refractivity contribution in [2.75, 3.05) is 11.5 Å². The largest absolute Gasteiger partial charge is 0.310 e. The SMILES string of the molecule is CCS(=O)(=O)CC(C)NC1CCCC(C)C1C. The normalized spacial score (nSPS) is 32.4.